The minimum Gasteiger partial charge on any atom is -0.323 e. The van der Waals surface area contributed by atoms with E-state index in [-0.39, 0.29) is 11.0 Å². The second-order valence-electron chi connectivity index (χ2n) is 4.85. The number of imidazole rings is 1. The van der Waals surface area contributed by atoms with Crippen molar-refractivity contribution in [2.45, 2.75) is 11.1 Å². The maximum atomic E-state index is 12.8. The molecule has 0 aliphatic heterocycles. The predicted molar refractivity (Wildman–Crippen MR) is 83.4 cm³/mol. The molecule has 0 saturated heterocycles. The minimum atomic E-state index is -4.69. The molecule has 0 fully saturated rings. The van der Waals surface area contributed by atoms with Crippen LogP contribution in [0.3, 0.4) is 0 Å². The maximum absolute atomic E-state index is 12.8. The highest BCUT2D eigenvalue weighted by Gasteiger charge is 2.33. The van der Waals surface area contributed by atoms with Crippen LogP contribution in [0.25, 0.3) is 11.0 Å². The number of nitrogens with zero attached hydrogens (tertiary/aromatic N) is 1. The quantitative estimate of drug-likeness (QED) is 0.725. The minimum absolute atomic E-state index is 0.121. The molecule has 0 saturated carbocycles. The lowest BCUT2D eigenvalue weighted by Gasteiger charge is -2.11. The van der Waals surface area contributed by atoms with Crippen LogP contribution >= 0.6 is 11.6 Å². The number of hydrogen-bond donors (Lipinski definition) is 2. The molecule has 0 unspecified atom stereocenters. The Bertz CT molecular complexity index is 983. The van der Waals surface area contributed by atoms with Crippen LogP contribution in [0, 0.1) is 0 Å². The highest BCUT2D eigenvalue weighted by molar-refractivity contribution is 7.92. The van der Waals surface area contributed by atoms with Crippen molar-refractivity contribution in [1.29, 1.82) is 0 Å². The molecular weight excluding hydrogens is 367 g/mol. The average molecular weight is 376 g/mol. The summed E-state index contributed by atoms with van der Waals surface area (Å²) in [6, 6.07) is 8.85. The number of rotatable bonds is 3. The molecule has 5 nitrogen and oxygen atoms in total. The number of benzene rings is 2. The first-order chi connectivity index (χ1) is 11.2. The van der Waals surface area contributed by atoms with Crippen LogP contribution in [-0.2, 0) is 16.2 Å². The van der Waals surface area contributed by atoms with Gasteiger partial charge in [0.25, 0.3) is 10.0 Å². The number of alkyl halides is 3. The number of sulfonamides is 1. The van der Waals surface area contributed by atoms with Gasteiger partial charge in [-0.1, -0.05) is 23.7 Å². The van der Waals surface area contributed by atoms with Crippen LogP contribution in [0.2, 0.25) is 5.02 Å². The van der Waals surface area contributed by atoms with Gasteiger partial charge in [-0.05, 0) is 30.3 Å². The molecule has 10 heteroatoms. The number of para-hydroxylation sites is 2. The van der Waals surface area contributed by atoms with Crippen molar-refractivity contribution >= 4 is 38.6 Å². The topological polar surface area (TPSA) is 74.8 Å². The van der Waals surface area contributed by atoms with Crippen molar-refractivity contribution in [2.24, 2.45) is 0 Å². The fourth-order valence-electron chi connectivity index (χ4n) is 2.07. The number of H-pyrrole nitrogens is 1. The van der Waals surface area contributed by atoms with Crippen LogP contribution < -0.4 is 4.72 Å². The summed E-state index contributed by atoms with van der Waals surface area (Å²) in [6.45, 7) is 0. The lowest BCUT2D eigenvalue weighted by molar-refractivity contribution is -0.137. The predicted octanol–water partition coefficient (Wildman–Crippen LogP) is 4.04. The molecule has 1 aromatic heterocycles. The molecule has 0 bridgehead atoms. The third-order valence-electron chi connectivity index (χ3n) is 3.17. The maximum Gasteiger partial charge on any atom is 0.416 e. The van der Waals surface area contributed by atoms with Crippen LogP contribution in [0.1, 0.15) is 5.56 Å². The van der Waals surface area contributed by atoms with E-state index in [0.717, 1.165) is 6.07 Å². The van der Waals surface area contributed by atoms with Crippen molar-refractivity contribution in [1.82, 2.24) is 9.97 Å². The van der Waals surface area contributed by atoms with Gasteiger partial charge < -0.3 is 4.98 Å². The van der Waals surface area contributed by atoms with Gasteiger partial charge in [0.2, 0.25) is 5.95 Å². The van der Waals surface area contributed by atoms with Crippen molar-refractivity contribution in [3.63, 3.8) is 0 Å². The first kappa shape index (κ1) is 16.6. The lowest BCUT2D eigenvalue weighted by Crippen LogP contribution is -2.16. The zero-order chi connectivity index (χ0) is 17.5. The summed E-state index contributed by atoms with van der Waals surface area (Å²) in [5.74, 6) is -0.121. The highest BCUT2D eigenvalue weighted by Crippen LogP contribution is 2.33. The fourth-order valence-corrected chi connectivity index (χ4v) is 3.56. The first-order valence-electron chi connectivity index (χ1n) is 6.51. The molecule has 0 spiro atoms. The van der Waals surface area contributed by atoms with Gasteiger partial charge >= 0.3 is 6.18 Å². The number of aromatic nitrogens is 2. The van der Waals surface area contributed by atoms with Crippen LogP contribution in [-0.4, -0.2) is 18.4 Å². The smallest absolute Gasteiger partial charge is 0.323 e. The van der Waals surface area contributed by atoms with E-state index in [1.54, 1.807) is 24.3 Å². The molecule has 126 valence electrons. The SMILES string of the molecule is O=S(=O)(Nc1nc2ccccc2[nH]1)c1cc(C(F)(F)F)ccc1Cl. The number of anilines is 1. The molecule has 24 heavy (non-hydrogen) atoms. The summed E-state index contributed by atoms with van der Waals surface area (Å²) >= 11 is 5.76. The summed E-state index contributed by atoms with van der Waals surface area (Å²) in [4.78, 5) is 6.05. The van der Waals surface area contributed by atoms with Crippen molar-refractivity contribution in [3.8, 4) is 0 Å². The van der Waals surface area contributed by atoms with Crippen molar-refractivity contribution in [3.05, 3.63) is 53.1 Å². The fraction of sp³-hybridized carbons (Fsp3) is 0.0714. The van der Waals surface area contributed by atoms with E-state index in [4.69, 9.17) is 11.6 Å². The van der Waals surface area contributed by atoms with Gasteiger partial charge in [-0.2, -0.15) is 13.2 Å². The van der Waals surface area contributed by atoms with E-state index in [2.05, 4.69) is 14.7 Å². The Balaban J connectivity index is 2.01. The summed E-state index contributed by atoms with van der Waals surface area (Å²) < 4.78 is 65.1. The van der Waals surface area contributed by atoms with Gasteiger partial charge in [-0.3, -0.25) is 0 Å². The Hall–Kier alpha value is -2.26. The number of nitrogens with one attached hydrogen (secondary N) is 2. The third-order valence-corrected chi connectivity index (χ3v) is 4.99. The molecule has 2 N–H and O–H groups in total. The third kappa shape index (κ3) is 3.17. The van der Waals surface area contributed by atoms with E-state index >= 15 is 0 Å². The van der Waals surface area contributed by atoms with Crippen LogP contribution in [0.4, 0.5) is 19.1 Å². The van der Waals surface area contributed by atoms with E-state index < -0.39 is 26.7 Å². The Morgan fingerprint density at radius 2 is 1.83 bits per heavy atom. The zero-order valence-electron chi connectivity index (χ0n) is 11.7. The molecule has 1 heterocycles. The Labute approximate surface area is 139 Å². The first-order valence-corrected chi connectivity index (χ1v) is 8.37. The normalized spacial score (nSPS) is 12.5. The molecular formula is C14H9ClF3N3O2S. The summed E-state index contributed by atoms with van der Waals surface area (Å²) in [5, 5.41) is -0.327. The summed E-state index contributed by atoms with van der Waals surface area (Å²) in [5.41, 5.74) is -0.0347. The largest absolute Gasteiger partial charge is 0.416 e. The monoisotopic (exact) mass is 375 g/mol. The van der Waals surface area contributed by atoms with E-state index in [9.17, 15) is 21.6 Å². The highest BCUT2D eigenvalue weighted by atomic mass is 35.5. The summed E-state index contributed by atoms with van der Waals surface area (Å²) in [6.07, 6.45) is -4.69. The van der Waals surface area contributed by atoms with E-state index in [1.807, 2.05) is 0 Å². The molecule has 0 aliphatic carbocycles. The zero-order valence-corrected chi connectivity index (χ0v) is 13.3. The molecule has 0 radical (unpaired) electrons. The number of fused-ring (bicyclic) bond motifs is 1. The number of aromatic amines is 1. The van der Waals surface area contributed by atoms with Crippen LogP contribution in [0.15, 0.2) is 47.4 Å². The van der Waals surface area contributed by atoms with Gasteiger partial charge in [0.15, 0.2) is 0 Å². The molecule has 3 aromatic rings. The molecule has 2 aromatic carbocycles. The van der Waals surface area contributed by atoms with Gasteiger partial charge in [-0.25, -0.2) is 18.1 Å². The molecule has 3 rings (SSSR count). The Kier molecular flexibility index (Phi) is 3.92. The van der Waals surface area contributed by atoms with Gasteiger partial charge in [0.1, 0.15) is 4.90 Å². The standard InChI is InChI=1S/C14H9ClF3N3O2S/c15-9-6-5-8(14(16,17)18)7-12(9)24(22,23)21-13-19-10-3-1-2-4-11(10)20-13/h1-7H,(H2,19,20,21). The number of halogens is 4. The Morgan fingerprint density at radius 1 is 1.12 bits per heavy atom. The van der Waals surface area contributed by atoms with Gasteiger partial charge in [-0.15, -0.1) is 0 Å². The van der Waals surface area contributed by atoms with Crippen molar-refractivity contribution in [2.75, 3.05) is 4.72 Å². The number of hydrogen-bond acceptors (Lipinski definition) is 3. The lowest BCUT2D eigenvalue weighted by atomic mass is 10.2. The van der Waals surface area contributed by atoms with E-state index in [0.29, 0.717) is 23.2 Å². The molecule has 0 aliphatic rings. The summed E-state index contributed by atoms with van der Waals surface area (Å²) in [7, 11) is -4.35. The molecule has 0 atom stereocenters. The van der Waals surface area contributed by atoms with Gasteiger partial charge in [0, 0.05) is 0 Å². The van der Waals surface area contributed by atoms with Crippen molar-refractivity contribution < 1.29 is 21.6 Å². The van der Waals surface area contributed by atoms with Gasteiger partial charge in [0.05, 0.1) is 21.6 Å². The second-order valence-corrected chi connectivity index (χ2v) is 6.91. The Morgan fingerprint density at radius 3 is 2.50 bits per heavy atom. The second kappa shape index (κ2) is 5.67. The van der Waals surface area contributed by atoms with Crippen LogP contribution in [0.5, 0.6) is 0 Å². The van der Waals surface area contributed by atoms with E-state index in [1.165, 1.54) is 0 Å². The average Bonchev–Trinajstić information content (AvgIpc) is 2.87. The molecule has 0 amide bonds.